The molecule has 0 saturated carbocycles. The van der Waals surface area contributed by atoms with E-state index in [-0.39, 0.29) is 36.6 Å². The van der Waals surface area contributed by atoms with E-state index in [1.165, 1.54) is 0 Å². The summed E-state index contributed by atoms with van der Waals surface area (Å²) in [5.41, 5.74) is 1.04. The van der Waals surface area contributed by atoms with Gasteiger partial charge >= 0.3 is 0 Å². The van der Waals surface area contributed by atoms with E-state index in [0.717, 1.165) is 24.4 Å². The molecule has 0 spiro atoms. The zero-order chi connectivity index (χ0) is 15.9. The molecule has 0 bridgehead atoms. The van der Waals surface area contributed by atoms with Crippen molar-refractivity contribution >= 4 is 18.3 Å². The third kappa shape index (κ3) is 6.77. The Kier molecular flexibility index (Phi) is 8.37. The summed E-state index contributed by atoms with van der Waals surface area (Å²) in [7, 11) is 0. The largest absolute Gasteiger partial charge is 0.491 e. The van der Waals surface area contributed by atoms with E-state index < -0.39 is 0 Å². The molecular weight excluding hydrogens is 316 g/mol. The topological polar surface area (TPSA) is 59.6 Å². The molecule has 1 aromatic rings. The predicted molar refractivity (Wildman–Crippen MR) is 93.2 cm³/mol. The fraction of sp³-hybridized carbons (Fsp3) is 0.588. The minimum absolute atomic E-state index is 0. The highest BCUT2D eigenvalue weighted by Crippen LogP contribution is 2.20. The number of amides is 1. The monoisotopic (exact) mass is 342 g/mol. The van der Waals surface area contributed by atoms with Crippen molar-refractivity contribution in [3.63, 3.8) is 0 Å². The van der Waals surface area contributed by atoms with Crippen LogP contribution in [0, 0.1) is 0 Å². The molecule has 0 aromatic heterocycles. The van der Waals surface area contributed by atoms with Crippen LogP contribution in [0.4, 0.5) is 0 Å². The maximum atomic E-state index is 12.1. The number of nitrogens with one attached hydrogen (secondary N) is 2. The molecule has 1 aliphatic rings. The molecule has 130 valence electrons. The molecule has 2 N–H and O–H groups in total. The maximum Gasteiger partial charge on any atom is 0.223 e. The second-order valence-corrected chi connectivity index (χ2v) is 5.93. The lowest BCUT2D eigenvalue weighted by Crippen LogP contribution is -2.41. The van der Waals surface area contributed by atoms with E-state index in [4.69, 9.17) is 9.47 Å². The van der Waals surface area contributed by atoms with Gasteiger partial charge in [-0.3, -0.25) is 4.79 Å². The van der Waals surface area contributed by atoms with Crippen LogP contribution in [0.15, 0.2) is 24.3 Å². The van der Waals surface area contributed by atoms with Crippen LogP contribution in [-0.2, 0) is 9.53 Å². The van der Waals surface area contributed by atoms with Crippen molar-refractivity contribution in [3.8, 4) is 5.75 Å². The Morgan fingerprint density at radius 2 is 2.22 bits per heavy atom. The quantitative estimate of drug-likeness (QED) is 0.833. The number of carbonyl (C=O) groups is 1. The van der Waals surface area contributed by atoms with Crippen molar-refractivity contribution in [2.45, 2.75) is 45.4 Å². The summed E-state index contributed by atoms with van der Waals surface area (Å²) in [6.07, 6.45) is 0.493. The molecule has 1 saturated heterocycles. The molecule has 1 heterocycles. The molecule has 0 aliphatic carbocycles. The highest BCUT2D eigenvalue weighted by atomic mass is 35.5. The molecular formula is C17H27ClN2O3. The number of halogens is 1. The van der Waals surface area contributed by atoms with Gasteiger partial charge in [0.1, 0.15) is 5.75 Å². The first-order valence-corrected chi connectivity index (χ1v) is 7.93. The van der Waals surface area contributed by atoms with Crippen LogP contribution >= 0.6 is 12.4 Å². The van der Waals surface area contributed by atoms with Gasteiger partial charge in [0.15, 0.2) is 0 Å². The molecule has 1 amide bonds. The smallest absolute Gasteiger partial charge is 0.223 e. The third-order valence-electron chi connectivity index (χ3n) is 3.52. The Bertz CT molecular complexity index is 490. The van der Waals surface area contributed by atoms with Crippen molar-refractivity contribution in [2.24, 2.45) is 0 Å². The summed E-state index contributed by atoms with van der Waals surface area (Å²) in [4.78, 5) is 12.1. The van der Waals surface area contributed by atoms with Crippen LogP contribution in [0.1, 0.15) is 38.8 Å². The van der Waals surface area contributed by atoms with Crippen molar-refractivity contribution in [3.05, 3.63) is 29.8 Å². The fourth-order valence-electron chi connectivity index (χ4n) is 2.47. The molecule has 2 atom stereocenters. The number of benzene rings is 1. The average molecular weight is 343 g/mol. The van der Waals surface area contributed by atoms with E-state index in [1.54, 1.807) is 0 Å². The predicted octanol–water partition coefficient (Wildman–Crippen LogP) is 2.45. The van der Waals surface area contributed by atoms with Gasteiger partial charge in [0.2, 0.25) is 5.91 Å². The highest BCUT2D eigenvalue weighted by molar-refractivity contribution is 5.85. The zero-order valence-corrected chi connectivity index (χ0v) is 14.8. The minimum atomic E-state index is -0.0558. The lowest BCUT2D eigenvalue weighted by molar-refractivity contribution is -0.125. The number of hydrogen-bond donors (Lipinski definition) is 2. The number of rotatable bonds is 6. The Morgan fingerprint density at radius 1 is 1.43 bits per heavy atom. The molecule has 1 fully saturated rings. The molecule has 1 aliphatic heterocycles. The molecule has 2 unspecified atom stereocenters. The highest BCUT2D eigenvalue weighted by Gasteiger charge is 2.19. The SMILES string of the molecule is CC(C)Oc1cccc(C(C)NC(=O)CC2CNCCO2)c1.Cl. The zero-order valence-electron chi connectivity index (χ0n) is 14.0. The van der Waals surface area contributed by atoms with Crippen molar-refractivity contribution in [1.82, 2.24) is 10.6 Å². The first-order chi connectivity index (χ1) is 10.5. The second-order valence-electron chi connectivity index (χ2n) is 5.93. The van der Waals surface area contributed by atoms with Gasteiger partial charge in [-0.1, -0.05) is 12.1 Å². The van der Waals surface area contributed by atoms with Crippen molar-refractivity contribution in [2.75, 3.05) is 19.7 Å². The van der Waals surface area contributed by atoms with Gasteiger partial charge in [0.05, 0.1) is 31.3 Å². The van der Waals surface area contributed by atoms with Crippen LogP contribution in [0.25, 0.3) is 0 Å². The number of hydrogen-bond acceptors (Lipinski definition) is 4. The summed E-state index contributed by atoms with van der Waals surface area (Å²) < 4.78 is 11.2. The van der Waals surface area contributed by atoms with Gasteiger partial charge in [-0.05, 0) is 38.5 Å². The summed E-state index contributed by atoms with van der Waals surface area (Å²) >= 11 is 0. The van der Waals surface area contributed by atoms with Crippen LogP contribution in [0.3, 0.4) is 0 Å². The van der Waals surface area contributed by atoms with Crippen LogP contribution < -0.4 is 15.4 Å². The van der Waals surface area contributed by atoms with Crippen LogP contribution in [0.2, 0.25) is 0 Å². The maximum absolute atomic E-state index is 12.1. The molecule has 5 nitrogen and oxygen atoms in total. The average Bonchev–Trinajstić information content (AvgIpc) is 2.47. The lowest BCUT2D eigenvalue weighted by Gasteiger charge is -2.24. The van der Waals surface area contributed by atoms with Gasteiger partial charge in [0, 0.05) is 13.1 Å². The summed E-state index contributed by atoms with van der Waals surface area (Å²) in [6, 6.07) is 7.80. The van der Waals surface area contributed by atoms with Crippen LogP contribution in [-0.4, -0.2) is 37.8 Å². The number of ether oxygens (including phenoxy) is 2. The minimum Gasteiger partial charge on any atom is -0.491 e. The van der Waals surface area contributed by atoms with Crippen molar-refractivity contribution in [1.29, 1.82) is 0 Å². The van der Waals surface area contributed by atoms with Gasteiger partial charge in [-0.2, -0.15) is 0 Å². The molecule has 6 heteroatoms. The summed E-state index contributed by atoms with van der Waals surface area (Å²) in [5.74, 6) is 0.838. The second kappa shape index (κ2) is 9.75. The lowest BCUT2D eigenvalue weighted by atomic mass is 10.1. The Morgan fingerprint density at radius 3 is 2.87 bits per heavy atom. The van der Waals surface area contributed by atoms with Crippen molar-refractivity contribution < 1.29 is 14.3 Å². The standard InChI is InChI=1S/C17H26N2O3.ClH/c1-12(2)22-15-6-4-5-14(9-15)13(3)19-17(20)10-16-11-18-7-8-21-16;/h4-6,9,12-13,16,18H,7-8,10-11H2,1-3H3,(H,19,20);1H. The third-order valence-corrected chi connectivity index (χ3v) is 3.52. The van der Waals surface area contributed by atoms with E-state index in [2.05, 4.69) is 10.6 Å². The number of carbonyl (C=O) groups excluding carboxylic acids is 1. The van der Waals surface area contributed by atoms with E-state index in [1.807, 2.05) is 45.0 Å². The Balaban J connectivity index is 0.00000264. The van der Waals surface area contributed by atoms with Gasteiger partial charge in [0.25, 0.3) is 0 Å². The molecule has 2 rings (SSSR count). The Labute approximate surface area is 144 Å². The van der Waals surface area contributed by atoms with Gasteiger partial charge in [-0.25, -0.2) is 0 Å². The molecule has 23 heavy (non-hydrogen) atoms. The van der Waals surface area contributed by atoms with E-state index in [9.17, 15) is 4.79 Å². The van der Waals surface area contributed by atoms with Gasteiger partial charge < -0.3 is 20.1 Å². The summed E-state index contributed by atoms with van der Waals surface area (Å²) in [6.45, 7) is 8.23. The van der Waals surface area contributed by atoms with E-state index in [0.29, 0.717) is 13.0 Å². The molecule has 1 aromatic carbocycles. The Hall–Kier alpha value is -1.30. The summed E-state index contributed by atoms with van der Waals surface area (Å²) in [5, 5.41) is 6.25. The fourth-order valence-corrected chi connectivity index (χ4v) is 2.47. The van der Waals surface area contributed by atoms with Gasteiger partial charge in [-0.15, -0.1) is 12.4 Å². The molecule has 0 radical (unpaired) electrons. The van der Waals surface area contributed by atoms with E-state index >= 15 is 0 Å². The first-order valence-electron chi connectivity index (χ1n) is 7.93. The first kappa shape index (κ1) is 19.7. The van der Waals surface area contributed by atoms with Crippen LogP contribution in [0.5, 0.6) is 5.75 Å². The number of morpholine rings is 1. The normalized spacial score (nSPS) is 18.9.